The fourth-order valence-corrected chi connectivity index (χ4v) is 3.32. The predicted octanol–water partition coefficient (Wildman–Crippen LogP) is 2.24. The largest absolute Gasteiger partial charge is 0.388 e. The van der Waals surface area contributed by atoms with Crippen molar-refractivity contribution in [2.45, 2.75) is 43.8 Å². The highest BCUT2D eigenvalue weighted by atomic mass is 16.3. The summed E-state index contributed by atoms with van der Waals surface area (Å²) in [6.07, 6.45) is 4.49. The van der Waals surface area contributed by atoms with Crippen LogP contribution in [-0.4, -0.2) is 28.9 Å². The summed E-state index contributed by atoms with van der Waals surface area (Å²) in [5, 5.41) is 20.5. The van der Waals surface area contributed by atoms with E-state index in [0.717, 1.165) is 49.9 Å². The quantitative estimate of drug-likeness (QED) is 0.842. The Bertz CT molecular complexity index is 426. The van der Waals surface area contributed by atoms with Crippen molar-refractivity contribution >= 4 is 5.69 Å². The molecule has 1 aromatic carbocycles. The summed E-state index contributed by atoms with van der Waals surface area (Å²) in [4.78, 5) is 2.24. The lowest BCUT2D eigenvalue weighted by atomic mass is 9.95. The first-order valence-electron chi connectivity index (χ1n) is 6.92. The van der Waals surface area contributed by atoms with Gasteiger partial charge in [-0.2, -0.15) is 0 Å². The Kier molecular flexibility index (Phi) is 3.04. The molecule has 1 saturated carbocycles. The molecule has 0 saturated heterocycles. The first-order valence-corrected chi connectivity index (χ1v) is 6.92. The number of β-amino-alcohol motifs (C(OH)–C–C–N with tert-alkyl or cyclic N) is 1. The van der Waals surface area contributed by atoms with Gasteiger partial charge in [0.1, 0.15) is 0 Å². The minimum absolute atomic E-state index is 0.351. The van der Waals surface area contributed by atoms with Crippen LogP contribution in [0.25, 0.3) is 0 Å². The minimum Gasteiger partial charge on any atom is -0.388 e. The van der Waals surface area contributed by atoms with Crippen molar-refractivity contribution in [2.24, 2.45) is 0 Å². The van der Waals surface area contributed by atoms with Crippen LogP contribution in [0.3, 0.4) is 0 Å². The van der Waals surface area contributed by atoms with E-state index in [1.807, 2.05) is 18.2 Å². The molecule has 1 heterocycles. The predicted molar refractivity (Wildman–Crippen MR) is 71.6 cm³/mol. The number of aliphatic hydroxyl groups is 2. The van der Waals surface area contributed by atoms with Crippen molar-refractivity contribution in [1.82, 2.24) is 0 Å². The van der Waals surface area contributed by atoms with Gasteiger partial charge in [0.2, 0.25) is 0 Å². The van der Waals surface area contributed by atoms with Gasteiger partial charge in [0.15, 0.2) is 0 Å². The fraction of sp³-hybridized carbons (Fsp3) is 0.600. The first kappa shape index (κ1) is 12.0. The molecule has 0 bridgehead atoms. The van der Waals surface area contributed by atoms with E-state index in [4.69, 9.17) is 0 Å². The Morgan fingerprint density at radius 2 is 1.94 bits per heavy atom. The summed E-state index contributed by atoms with van der Waals surface area (Å²) in [6, 6.07) is 8.01. The molecule has 18 heavy (non-hydrogen) atoms. The molecular weight excluding hydrogens is 226 g/mol. The van der Waals surface area contributed by atoms with Crippen LogP contribution in [0.15, 0.2) is 24.3 Å². The third-order valence-corrected chi connectivity index (χ3v) is 4.33. The minimum atomic E-state index is -0.518. The van der Waals surface area contributed by atoms with Crippen LogP contribution in [0.5, 0.6) is 0 Å². The Morgan fingerprint density at radius 1 is 1.22 bits per heavy atom. The third-order valence-electron chi connectivity index (χ3n) is 4.33. The highest BCUT2D eigenvalue weighted by molar-refractivity contribution is 5.56. The summed E-state index contributed by atoms with van der Waals surface area (Å²) < 4.78 is 0. The van der Waals surface area contributed by atoms with Crippen molar-refractivity contribution in [3.8, 4) is 0 Å². The summed E-state index contributed by atoms with van der Waals surface area (Å²) in [7, 11) is 0. The zero-order valence-electron chi connectivity index (χ0n) is 10.7. The van der Waals surface area contributed by atoms with Gasteiger partial charge in [0.05, 0.1) is 11.7 Å². The highest BCUT2D eigenvalue weighted by Gasteiger charge is 2.35. The number of benzene rings is 1. The second kappa shape index (κ2) is 4.56. The van der Waals surface area contributed by atoms with E-state index in [2.05, 4.69) is 11.0 Å². The first-order chi connectivity index (χ1) is 8.68. The second-order valence-electron chi connectivity index (χ2n) is 5.72. The van der Waals surface area contributed by atoms with E-state index in [0.29, 0.717) is 6.54 Å². The number of hydrogen-bond acceptors (Lipinski definition) is 3. The Balaban J connectivity index is 1.84. The number of para-hydroxylation sites is 1. The van der Waals surface area contributed by atoms with Crippen LogP contribution < -0.4 is 4.90 Å². The maximum Gasteiger partial charge on any atom is 0.0826 e. The Morgan fingerprint density at radius 3 is 2.72 bits per heavy atom. The number of aliphatic hydroxyl groups excluding tert-OH is 1. The molecule has 1 fully saturated rings. The van der Waals surface area contributed by atoms with E-state index in [9.17, 15) is 10.2 Å². The standard InChI is InChI=1S/C15H21NO2/c17-14-7-10-16(11-15(18)8-3-4-9-15)13-6-2-1-5-12(13)14/h1-2,5-6,14,17-18H,3-4,7-11H2. The molecule has 1 aliphatic carbocycles. The zero-order valence-corrected chi connectivity index (χ0v) is 10.7. The summed E-state index contributed by atoms with van der Waals surface area (Å²) >= 11 is 0. The molecule has 0 radical (unpaired) electrons. The van der Waals surface area contributed by atoms with Gasteiger partial charge < -0.3 is 15.1 Å². The molecule has 0 aromatic heterocycles. The molecule has 2 aliphatic rings. The van der Waals surface area contributed by atoms with E-state index >= 15 is 0 Å². The van der Waals surface area contributed by atoms with Gasteiger partial charge in [-0.15, -0.1) is 0 Å². The smallest absolute Gasteiger partial charge is 0.0826 e. The van der Waals surface area contributed by atoms with E-state index < -0.39 is 5.60 Å². The van der Waals surface area contributed by atoms with Crippen molar-refractivity contribution in [3.05, 3.63) is 29.8 Å². The normalized spacial score (nSPS) is 26.1. The van der Waals surface area contributed by atoms with Crippen molar-refractivity contribution in [3.63, 3.8) is 0 Å². The van der Waals surface area contributed by atoms with Crippen LogP contribution in [0, 0.1) is 0 Å². The van der Waals surface area contributed by atoms with Gasteiger partial charge in [-0.05, 0) is 25.3 Å². The molecule has 3 heteroatoms. The average Bonchev–Trinajstić information content (AvgIpc) is 2.80. The Labute approximate surface area is 108 Å². The zero-order chi connectivity index (χ0) is 12.6. The lowest BCUT2D eigenvalue weighted by Crippen LogP contribution is -2.43. The number of nitrogens with zero attached hydrogens (tertiary/aromatic N) is 1. The number of rotatable bonds is 2. The molecule has 1 aliphatic heterocycles. The molecule has 0 spiro atoms. The van der Waals surface area contributed by atoms with Gasteiger partial charge in [-0.3, -0.25) is 0 Å². The summed E-state index contributed by atoms with van der Waals surface area (Å²) in [5.74, 6) is 0. The third kappa shape index (κ3) is 2.13. The van der Waals surface area contributed by atoms with Crippen LogP contribution >= 0.6 is 0 Å². The van der Waals surface area contributed by atoms with Crippen LogP contribution in [-0.2, 0) is 0 Å². The highest BCUT2D eigenvalue weighted by Crippen LogP contribution is 2.37. The Hall–Kier alpha value is -1.06. The fourth-order valence-electron chi connectivity index (χ4n) is 3.32. The van der Waals surface area contributed by atoms with Crippen molar-refractivity contribution < 1.29 is 10.2 Å². The number of fused-ring (bicyclic) bond motifs is 1. The van der Waals surface area contributed by atoms with Crippen LogP contribution in [0.2, 0.25) is 0 Å². The lowest BCUT2D eigenvalue weighted by Gasteiger charge is -2.38. The van der Waals surface area contributed by atoms with Gasteiger partial charge in [-0.1, -0.05) is 31.0 Å². The molecule has 1 unspecified atom stereocenters. The van der Waals surface area contributed by atoms with Crippen molar-refractivity contribution in [2.75, 3.05) is 18.0 Å². The molecule has 1 atom stereocenters. The molecule has 1 aromatic rings. The van der Waals surface area contributed by atoms with Gasteiger partial charge in [-0.25, -0.2) is 0 Å². The molecule has 3 nitrogen and oxygen atoms in total. The monoisotopic (exact) mass is 247 g/mol. The van der Waals surface area contributed by atoms with Gasteiger partial charge in [0.25, 0.3) is 0 Å². The average molecular weight is 247 g/mol. The summed E-state index contributed by atoms with van der Waals surface area (Å²) in [5.41, 5.74) is 1.58. The summed E-state index contributed by atoms with van der Waals surface area (Å²) in [6.45, 7) is 1.54. The number of anilines is 1. The van der Waals surface area contributed by atoms with Gasteiger partial charge in [0, 0.05) is 24.3 Å². The molecule has 98 valence electrons. The number of hydrogen-bond donors (Lipinski definition) is 2. The molecule has 0 amide bonds. The van der Waals surface area contributed by atoms with E-state index in [1.165, 1.54) is 0 Å². The topological polar surface area (TPSA) is 43.7 Å². The van der Waals surface area contributed by atoms with Crippen LogP contribution in [0.4, 0.5) is 5.69 Å². The lowest BCUT2D eigenvalue weighted by molar-refractivity contribution is 0.0527. The van der Waals surface area contributed by atoms with Crippen molar-refractivity contribution in [1.29, 1.82) is 0 Å². The molecule has 2 N–H and O–H groups in total. The van der Waals surface area contributed by atoms with Gasteiger partial charge >= 0.3 is 0 Å². The molecular formula is C15H21NO2. The second-order valence-corrected chi connectivity index (χ2v) is 5.72. The van der Waals surface area contributed by atoms with E-state index in [-0.39, 0.29) is 6.10 Å². The maximum absolute atomic E-state index is 10.5. The van der Waals surface area contributed by atoms with Crippen LogP contribution in [0.1, 0.15) is 43.8 Å². The maximum atomic E-state index is 10.5. The SMILES string of the molecule is OC1CCN(CC2(O)CCCC2)c2ccccc21. The molecule has 3 rings (SSSR count). The van der Waals surface area contributed by atoms with E-state index in [1.54, 1.807) is 0 Å².